The lowest BCUT2D eigenvalue weighted by molar-refractivity contribution is -0.131. The van der Waals surface area contributed by atoms with Gasteiger partial charge in [0, 0.05) is 17.3 Å². The Morgan fingerprint density at radius 3 is 2.24 bits per heavy atom. The average molecular weight is 281 g/mol. The number of para-hydroxylation sites is 1. The zero-order valence-corrected chi connectivity index (χ0v) is 11.5. The summed E-state index contributed by atoms with van der Waals surface area (Å²) < 4.78 is 0. The summed E-state index contributed by atoms with van der Waals surface area (Å²) in [5.74, 6) is -1.83. The van der Waals surface area contributed by atoms with Gasteiger partial charge in [-0.2, -0.15) is 0 Å². The summed E-state index contributed by atoms with van der Waals surface area (Å²) in [5, 5.41) is 12.3. The van der Waals surface area contributed by atoms with E-state index in [1.807, 2.05) is 19.1 Å². The van der Waals surface area contributed by atoms with Gasteiger partial charge < -0.3 is 10.4 Å². The van der Waals surface area contributed by atoms with Crippen LogP contribution < -0.4 is 5.32 Å². The maximum atomic E-state index is 11.7. The molecule has 106 valence electrons. The van der Waals surface area contributed by atoms with Crippen molar-refractivity contribution in [3.8, 4) is 0 Å². The van der Waals surface area contributed by atoms with Crippen molar-refractivity contribution >= 4 is 23.1 Å². The van der Waals surface area contributed by atoms with Crippen molar-refractivity contribution in [2.24, 2.45) is 0 Å². The second-order valence-corrected chi connectivity index (χ2v) is 4.58. The molecule has 4 heteroatoms. The van der Waals surface area contributed by atoms with E-state index in [1.165, 1.54) is 0 Å². The van der Waals surface area contributed by atoms with Gasteiger partial charge in [0.15, 0.2) is 0 Å². The van der Waals surface area contributed by atoms with Gasteiger partial charge >= 0.3 is 0 Å². The van der Waals surface area contributed by atoms with Crippen LogP contribution in [0.3, 0.4) is 0 Å². The molecule has 2 rings (SSSR count). The second-order valence-electron chi connectivity index (χ2n) is 4.58. The number of benzene rings is 2. The van der Waals surface area contributed by atoms with Crippen molar-refractivity contribution in [3.63, 3.8) is 0 Å². The molecule has 0 saturated carbocycles. The molecular weight excluding hydrogens is 266 g/mol. The van der Waals surface area contributed by atoms with Crippen molar-refractivity contribution in [2.45, 2.75) is 6.92 Å². The first-order chi connectivity index (χ1) is 10.1. The van der Waals surface area contributed by atoms with Crippen LogP contribution in [0.5, 0.6) is 0 Å². The molecule has 0 spiro atoms. The lowest BCUT2D eigenvalue weighted by Crippen LogP contribution is -2.21. The van der Waals surface area contributed by atoms with Crippen LogP contribution in [0.4, 0.5) is 5.69 Å². The van der Waals surface area contributed by atoms with Crippen molar-refractivity contribution in [1.82, 2.24) is 0 Å². The average Bonchev–Trinajstić information content (AvgIpc) is 2.48. The molecule has 2 aromatic carbocycles. The summed E-state index contributed by atoms with van der Waals surface area (Å²) in [7, 11) is 0. The van der Waals surface area contributed by atoms with Crippen LogP contribution in [0.25, 0.3) is 5.76 Å². The molecule has 0 aliphatic rings. The van der Waals surface area contributed by atoms with Crippen LogP contribution in [0, 0.1) is 6.92 Å². The van der Waals surface area contributed by atoms with Crippen molar-refractivity contribution in [3.05, 3.63) is 71.8 Å². The summed E-state index contributed by atoms with van der Waals surface area (Å²) in [6.07, 6.45) is 0.920. The molecule has 0 saturated heterocycles. The highest BCUT2D eigenvalue weighted by atomic mass is 16.3. The number of hydrogen-bond donors (Lipinski definition) is 2. The second kappa shape index (κ2) is 6.52. The van der Waals surface area contributed by atoms with Crippen LogP contribution >= 0.6 is 0 Å². The summed E-state index contributed by atoms with van der Waals surface area (Å²) in [4.78, 5) is 23.5. The van der Waals surface area contributed by atoms with E-state index in [4.69, 9.17) is 0 Å². The summed E-state index contributed by atoms with van der Waals surface area (Å²) in [6.45, 7) is 1.92. The molecule has 4 nitrogen and oxygen atoms in total. The van der Waals surface area contributed by atoms with Gasteiger partial charge in [-0.3, -0.25) is 9.59 Å². The standard InChI is InChI=1S/C17H15NO3/c1-12-7-9-13(10-8-12)15(19)11-16(20)17(21)18-14-5-3-2-4-6-14/h2-11,19H,1H3,(H,18,21). The van der Waals surface area contributed by atoms with Gasteiger partial charge in [0.1, 0.15) is 5.76 Å². The van der Waals surface area contributed by atoms with Crippen molar-refractivity contribution in [1.29, 1.82) is 0 Å². The molecule has 0 heterocycles. The quantitative estimate of drug-likeness (QED) is 0.514. The largest absolute Gasteiger partial charge is 0.507 e. The third-order valence-electron chi connectivity index (χ3n) is 2.87. The van der Waals surface area contributed by atoms with Crippen LogP contribution in [0.1, 0.15) is 11.1 Å². The number of rotatable bonds is 4. The number of aliphatic hydroxyl groups is 1. The van der Waals surface area contributed by atoms with Crippen LogP contribution in [0.2, 0.25) is 0 Å². The summed E-state index contributed by atoms with van der Waals surface area (Å²) in [6, 6.07) is 15.7. The Bertz CT molecular complexity index is 673. The first kappa shape index (κ1) is 14.5. The lowest BCUT2D eigenvalue weighted by Gasteiger charge is -2.03. The number of hydrogen-bond acceptors (Lipinski definition) is 3. The zero-order chi connectivity index (χ0) is 15.2. The maximum absolute atomic E-state index is 11.7. The molecule has 1 amide bonds. The molecule has 0 aromatic heterocycles. The fraction of sp³-hybridized carbons (Fsp3) is 0.0588. The van der Waals surface area contributed by atoms with E-state index in [1.54, 1.807) is 42.5 Å². The van der Waals surface area contributed by atoms with Crippen LogP contribution in [0.15, 0.2) is 60.7 Å². The number of carbonyl (C=O) groups excluding carboxylic acids is 2. The van der Waals surface area contributed by atoms with Gasteiger partial charge in [0.05, 0.1) is 0 Å². The van der Waals surface area contributed by atoms with Gasteiger partial charge in [0.2, 0.25) is 5.78 Å². The first-order valence-corrected chi connectivity index (χ1v) is 6.44. The molecule has 21 heavy (non-hydrogen) atoms. The Labute approximate surface area is 122 Å². The minimum Gasteiger partial charge on any atom is -0.507 e. The third-order valence-corrected chi connectivity index (χ3v) is 2.87. The smallest absolute Gasteiger partial charge is 0.296 e. The molecule has 0 unspecified atom stereocenters. The number of nitrogens with one attached hydrogen (secondary N) is 1. The topological polar surface area (TPSA) is 66.4 Å². The van der Waals surface area contributed by atoms with Gasteiger partial charge in [0.25, 0.3) is 5.91 Å². The predicted molar refractivity (Wildman–Crippen MR) is 81.9 cm³/mol. The Kier molecular flexibility index (Phi) is 4.51. The highest BCUT2D eigenvalue weighted by Crippen LogP contribution is 2.12. The van der Waals surface area contributed by atoms with Crippen molar-refractivity contribution < 1.29 is 14.7 Å². The fourth-order valence-electron chi connectivity index (χ4n) is 1.71. The monoisotopic (exact) mass is 281 g/mol. The number of anilines is 1. The first-order valence-electron chi connectivity index (χ1n) is 6.44. The number of aliphatic hydroxyl groups excluding tert-OH is 1. The Morgan fingerprint density at radius 1 is 1.00 bits per heavy atom. The highest BCUT2D eigenvalue weighted by Gasteiger charge is 2.13. The Morgan fingerprint density at radius 2 is 1.62 bits per heavy atom. The minimum absolute atomic E-state index is 0.233. The number of ketones is 1. The molecule has 0 aliphatic heterocycles. The zero-order valence-electron chi connectivity index (χ0n) is 11.5. The normalized spacial score (nSPS) is 11.0. The van der Waals surface area contributed by atoms with E-state index in [0.717, 1.165) is 11.6 Å². The Balaban J connectivity index is 2.07. The van der Waals surface area contributed by atoms with E-state index < -0.39 is 11.7 Å². The number of amides is 1. The minimum atomic E-state index is -0.808. The molecule has 0 fully saturated rings. The van der Waals surface area contributed by atoms with Gasteiger partial charge in [-0.05, 0) is 19.1 Å². The SMILES string of the molecule is Cc1ccc(C(O)=CC(=O)C(=O)Nc2ccccc2)cc1. The predicted octanol–water partition coefficient (Wildman–Crippen LogP) is 3.10. The lowest BCUT2D eigenvalue weighted by atomic mass is 10.1. The third kappa shape index (κ3) is 4.04. The molecule has 0 bridgehead atoms. The maximum Gasteiger partial charge on any atom is 0.296 e. The summed E-state index contributed by atoms with van der Waals surface area (Å²) in [5.41, 5.74) is 2.06. The van der Waals surface area contributed by atoms with E-state index in [2.05, 4.69) is 5.32 Å². The van der Waals surface area contributed by atoms with E-state index in [9.17, 15) is 14.7 Å². The molecule has 0 atom stereocenters. The van der Waals surface area contributed by atoms with Crippen molar-refractivity contribution in [2.75, 3.05) is 5.32 Å². The van der Waals surface area contributed by atoms with Gasteiger partial charge in [-0.15, -0.1) is 0 Å². The van der Waals surface area contributed by atoms with Crippen LogP contribution in [-0.4, -0.2) is 16.8 Å². The Hall–Kier alpha value is -2.88. The van der Waals surface area contributed by atoms with E-state index >= 15 is 0 Å². The molecule has 2 aromatic rings. The molecular formula is C17H15NO3. The van der Waals surface area contributed by atoms with Gasteiger partial charge in [-0.1, -0.05) is 48.0 Å². The van der Waals surface area contributed by atoms with Crippen LogP contribution in [-0.2, 0) is 9.59 Å². The van der Waals surface area contributed by atoms with Gasteiger partial charge in [-0.25, -0.2) is 0 Å². The fourth-order valence-corrected chi connectivity index (χ4v) is 1.71. The molecule has 2 N–H and O–H groups in total. The molecule has 0 radical (unpaired) electrons. The number of aryl methyl sites for hydroxylation is 1. The molecule has 0 aliphatic carbocycles. The van der Waals surface area contributed by atoms with E-state index in [0.29, 0.717) is 11.3 Å². The highest BCUT2D eigenvalue weighted by molar-refractivity contribution is 6.45. The van der Waals surface area contributed by atoms with E-state index in [-0.39, 0.29) is 5.76 Å². The summed E-state index contributed by atoms with van der Waals surface area (Å²) >= 11 is 0. The number of carbonyl (C=O) groups is 2.